The van der Waals surface area contributed by atoms with E-state index in [1.165, 1.54) is 6.26 Å². The topological polar surface area (TPSA) is 63.2 Å². The van der Waals surface area contributed by atoms with Gasteiger partial charge < -0.3 is 5.32 Å². The first kappa shape index (κ1) is 15.5. The van der Waals surface area contributed by atoms with Crippen LogP contribution in [0.5, 0.6) is 0 Å². The lowest BCUT2D eigenvalue weighted by Gasteiger charge is -2.29. The Hall–Kier alpha value is -0.580. The van der Waals surface area contributed by atoms with Gasteiger partial charge in [0.1, 0.15) is 4.75 Å². The summed E-state index contributed by atoms with van der Waals surface area (Å²) in [5.41, 5.74) is 0. The minimum Gasteiger partial charge on any atom is -0.352 e. The molecule has 0 aromatic carbocycles. The molecule has 0 saturated heterocycles. The maximum atomic E-state index is 12.4. The van der Waals surface area contributed by atoms with E-state index in [0.717, 1.165) is 19.3 Å². The van der Waals surface area contributed by atoms with Crippen molar-refractivity contribution in [2.24, 2.45) is 5.92 Å². The normalized spacial score (nSPS) is 22.4. The Bertz CT molecular complexity index is 396. The maximum absolute atomic E-state index is 12.4. The molecule has 1 rings (SSSR count). The van der Waals surface area contributed by atoms with Crippen LogP contribution in [0.4, 0.5) is 0 Å². The zero-order chi connectivity index (χ0) is 14.0. The van der Waals surface area contributed by atoms with Crippen molar-refractivity contribution in [3.63, 3.8) is 0 Å². The number of carbonyl (C=O) groups excluding carboxylic acids is 1. The smallest absolute Gasteiger partial charge is 0.241 e. The van der Waals surface area contributed by atoms with Crippen molar-refractivity contribution in [2.45, 2.75) is 63.7 Å². The second-order valence-corrected chi connectivity index (χ2v) is 7.95. The fourth-order valence-electron chi connectivity index (χ4n) is 2.55. The molecule has 1 N–H and O–H groups in total. The largest absolute Gasteiger partial charge is 0.352 e. The summed E-state index contributed by atoms with van der Waals surface area (Å²) >= 11 is 0. The van der Waals surface area contributed by atoms with E-state index in [-0.39, 0.29) is 11.9 Å². The molecule has 0 heterocycles. The van der Waals surface area contributed by atoms with Crippen LogP contribution in [0.1, 0.15) is 52.9 Å². The van der Waals surface area contributed by atoms with Crippen molar-refractivity contribution in [2.75, 3.05) is 6.26 Å². The molecule has 0 spiro atoms. The Balaban J connectivity index is 2.86. The Morgan fingerprint density at radius 2 is 1.78 bits per heavy atom. The minimum atomic E-state index is -3.35. The Labute approximate surface area is 110 Å². The van der Waals surface area contributed by atoms with Crippen molar-refractivity contribution >= 4 is 15.7 Å². The minimum absolute atomic E-state index is 0.0155. The third-order valence-electron chi connectivity index (χ3n) is 4.39. The molecule has 4 nitrogen and oxygen atoms in total. The molecule has 0 radical (unpaired) electrons. The molecular formula is C13H25NO3S. The van der Waals surface area contributed by atoms with Gasteiger partial charge in [0.25, 0.3) is 0 Å². The molecule has 2 atom stereocenters. The van der Waals surface area contributed by atoms with Gasteiger partial charge in [0.05, 0.1) is 0 Å². The van der Waals surface area contributed by atoms with Crippen molar-refractivity contribution < 1.29 is 13.2 Å². The number of hydrogen-bond acceptors (Lipinski definition) is 3. The molecule has 0 aromatic rings. The highest BCUT2D eigenvalue weighted by Crippen LogP contribution is 2.36. The number of carbonyl (C=O) groups is 1. The first-order valence-corrected chi connectivity index (χ1v) is 8.64. The molecule has 0 unspecified atom stereocenters. The van der Waals surface area contributed by atoms with Crippen molar-refractivity contribution in [1.29, 1.82) is 0 Å². The standard InChI is InChI=1S/C13H25NO3S/c1-5-10(2)11(3)14-12(15)13(18(4,16)17)8-6-7-9-13/h10-11H,5-9H2,1-4H3,(H,14,15)/t10-,11+/m0/s1. The molecule has 1 aliphatic rings. The van der Waals surface area contributed by atoms with Crippen LogP contribution < -0.4 is 5.32 Å². The van der Waals surface area contributed by atoms with E-state index in [0.29, 0.717) is 18.8 Å². The van der Waals surface area contributed by atoms with Crippen molar-refractivity contribution in [3.8, 4) is 0 Å². The fourth-order valence-corrected chi connectivity index (χ4v) is 3.97. The van der Waals surface area contributed by atoms with Crippen LogP contribution in [0.2, 0.25) is 0 Å². The number of hydrogen-bond donors (Lipinski definition) is 1. The summed E-state index contributed by atoms with van der Waals surface area (Å²) in [6.07, 6.45) is 4.71. The highest BCUT2D eigenvalue weighted by molar-refractivity contribution is 7.92. The Morgan fingerprint density at radius 1 is 1.28 bits per heavy atom. The van der Waals surface area contributed by atoms with E-state index < -0.39 is 14.6 Å². The van der Waals surface area contributed by atoms with Gasteiger partial charge in [-0.2, -0.15) is 0 Å². The predicted octanol–water partition coefficient (Wildman–Crippen LogP) is 1.89. The van der Waals surface area contributed by atoms with Crippen molar-refractivity contribution in [1.82, 2.24) is 5.32 Å². The molecule has 106 valence electrons. The first-order valence-electron chi connectivity index (χ1n) is 6.75. The van der Waals surface area contributed by atoms with Crippen LogP contribution in [0, 0.1) is 5.92 Å². The quantitative estimate of drug-likeness (QED) is 0.833. The van der Waals surface area contributed by atoms with Crippen LogP contribution in [0.3, 0.4) is 0 Å². The number of sulfone groups is 1. The lowest BCUT2D eigenvalue weighted by molar-refractivity contribution is -0.124. The monoisotopic (exact) mass is 275 g/mol. The number of amides is 1. The van der Waals surface area contributed by atoms with Gasteiger partial charge in [-0.15, -0.1) is 0 Å². The number of nitrogens with one attached hydrogen (secondary N) is 1. The molecular weight excluding hydrogens is 250 g/mol. The summed E-state index contributed by atoms with van der Waals surface area (Å²) in [4.78, 5) is 12.4. The van der Waals surface area contributed by atoms with E-state index >= 15 is 0 Å². The van der Waals surface area contributed by atoms with Gasteiger partial charge in [-0.25, -0.2) is 8.42 Å². The van der Waals surface area contributed by atoms with Gasteiger partial charge in [0, 0.05) is 12.3 Å². The van der Waals surface area contributed by atoms with Crippen molar-refractivity contribution in [3.05, 3.63) is 0 Å². The van der Waals surface area contributed by atoms with E-state index in [1.54, 1.807) is 0 Å². The molecule has 1 saturated carbocycles. The summed E-state index contributed by atoms with van der Waals surface area (Å²) in [5, 5.41) is 2.90. The van der Waals surface area contributed by atoms with E-state index in [1.807, 2.05) is 6.92 Å². The van der Waals surface area contributed by atoms with Gasteiger partial charge in [-0.3, -0.25) is 4.79 Å². The van der Waals surface area contributed by atoms with Gasteiger partial charge in [0.2, 0.25) is 5.91 Å². The molecule has 5 heteroatoms. The predicted molar refractivity (Wildman–Crippen MR) is 73.1 cm³/mol. The van der Waals surface area contributed by atoms with Crippen LogP contribution in [-0.4, -0.2) is 31.4 Å². The maximum Gasteiger partial charge on any atom is 0.241 e. The van der Waals surface area contributed by atoms with Gasteiger partial charge in [0.15, 0.2) is 9.84 Å². The lowest BCUT2D eigenvalue weighted by Crippen LogP contribution is -2.53. The summed E-state index contributed by atoms with van der Waals surface area (Å²) in [6, 6.07) is 0.0155. The number of rotatable bonds is 5. The summed E-state index contributed by atoms with van der Waals surface area (Å²) in [7, 11) is -3.35. The lowest BCUT2D eigenvalue weighted by atomic mass is 9.99. The summed E-state index contributed by atoms with van der Waals surface area (Å²) in [6.45, 7) is 6.07. The van der Waals surface area contributed by atoms with Gasteiger partial charge in [-0.05, 0) is 25.7 Å². The van der Waals surface area contributed by atoms with Gasteiger partial charge >= 0.3 is 0 Å². The molecule has 18 heavy (non-hydrogen) atoms. The average molecular weight is 275 g/mol. The second kappa shape index (κ2) is 5.59. The molecule has 0 aromatic heterocycles. The highest BCUT2D eigenvalue weighted by Gasteiger charge is 2.50. The van der Waals surface area contributed by atoms with Gasteiger partial charge in [-0.1, -0.05) is 33.1 Å². The molecule has 1 aliphatic carbocycles. The molecule has 0 bridgehead atoms. The molecule has 0 aliphatic heterocycles. The Morgan fingerprint density at radius 3 is 2.17 bits per heavy atom. The molecule has 1 fully saturated rings. The van der Waals surface area contributed by atoms with Crippen LogP contribution in [0.25, 0.3) is 0 Å². The zero-order valence-corrected chi connectivity index (χ0v) is 12.6. The zero-order valence-electron chi connectivity index (χ0n) is 11.8. The highest BCUT2D eigenvalue weighted by atomic mass is 32.2. The van der Waals surface area contributed by atoms with Crippen LogP contribution >= 0.6 is 0 Å². The fraction of sp³-hybridized carbons (Fsp3) is 0.923. The Kier molecular flexibility index (Phi) is 4.81. The third kappa shape index (κ3) is 2.87. The molecule has 1 amide bonds. The van der Waals surface area contributed by atoms with Crippen LogP contribution in [0.15, 0.2) is 0 Å². The van der Waals surface area contributed by atoms with E-state index in [2.05, 4.69) is 19.2 Å². The van der Waals surface area contributed by atoms with Crippen LogP contribution in [-0.2, 0) is 14.6 Å². The SMILES string of the molecule is CC[C@H](C)[C@@H](C)NC(=O)C1(S(C)(=O)=O)CCCC1. The third-order valence-corrected chi connectivity index (χ3v) is 6.40. The van der Waals surface area contributed by atoms with E-state index in [4.69, 9.17) is 0 Å². The van der Waals surface area contributed by atoms with E-state index in [9.17, 15) is 13.2 Å². The second-order valence-electron chi connectivity index (χ2n) is 5.62. The summed E-state index contributed by atoms with van der Waals surface area (Å²) < 4.78 is 22.7. The summed E-state index contributed by atoms with van der Waals surface area (Å²) in [5.74, 6) is 0.0577. The average Bonchev–Trinajstić information content (AvgIpc) is 2.77. The first-order chi connectivity index (χ1) is 8.24.